The van der Waals surface area contributed by atoms with Crippen molar-refractivity contribution in [3.05, 3.63) is 52.9 Å². The quantitative estimate of drug-likeness (QED) is 0.639. The number of benzene rings is 2. The number of ether oxygens (including phenoxy) is 1. The Bertz CT molecular complexity index is 741. The predicted molar refractivity (Wildman–Crippen MR) is 91.2 cm³/mol. The molecule has 0 amide bonds. The summed E-state index contributed by atoms with van der Waals surface area (Å²) in [6, 6.07) is 13.3. The molecule has 0 unspecified atom stereocenters. The van der Waals surface area contributed by atoms with Crippen molar-refractivity contribution in [3.8, 4) is 11.5 Å². The minimum absolute atomic E-state index is 0.127. The number of thioether (sulfide) groups is 1. The lowest BCUT2D eigenvalue weighted by molar-refractivity contribution is 0.373. The third-order valence-corrected chi connectivity index (χ3v) is 4.65. The van der Waals surface area contributed by atoms with Gasteiger partial charge in [0, 0.05) is 9.80 Å². The van der Waals surface area contributed by atoms with E-state index in [9.17, 15) is 5.11 Å². The number of para-hydroxylation sites is 1. The normalized spacial score (nSPS) is 15.5. The largest absolute Gasteiger partial charge is 0.504 e. The minimum Gasteiger partial charge on any atom is -0.504 e. The first-order valence-electron chi connectivity index (χ1n) is 6.34. The summed E-state index contributed by atoms with van der Waals surface area (Å²) >= 11 is 7.04. The highest BCUT2D eigenvalue weighted by Gasteiger charge is 2.17. The third-order valence-electron chi connectivity index (χ3n) is 3.08. The Morgan fingerprint density at radius 2 is 2.05 bits per heavy atom. The second kappa shape index (κ2) is 5.79. The lowest BCUT2D eigenvalue weighted by Gasteiger charge is -2.20. The third kappa shape index (κ3) is 2.89. The maximum absolute atomic E-state index is 9.63. The highest BCUT2D eigenvalue weighted by atomic mass is 32.2. The smallest absolute Gasteiger partial charge is 0.161 e. The number of hydrogen-bond acceptors (Lipinski definition) is 4. The van der Waals surface area contributed by atoms with Gasteiger partial charge in [-0.1, -0.05) is 42.2 Å². The van der Waals surface area contributed by atoms with Gasteiger partial charge in [-0.2, -0.15) is 0 Å². The average molecular weight is 315 g/mol. The van der Waals surface area contributed by atoms with Crippen molar-refractivity contribution in [2.75, 3.05) is 12.4 Å². The first-order valence-corrected chi connectivity index (χ1v) is 7.57. The lowest BCUT2D eigenvalue weighted by atomic mass is 10.2. The lowest BCUT2D eigenvalue weighted by Crippen LogP contribution is -2.14. The van der Waals surface area contributed by atoms with Crippen LogP contribution < -0.4 is 10.1 Å². The van der Waals surface area contributed by atoms with Gasteiger partial charge in [-0.3, -0.25) is 0 Å². The summed E-state index contributed by atoms with van der Waals surface area (Å²) in [5.74, 6) is 0.575. The molecule has 0 saturated heterocycles. The van der Waals surface area contributed by atoms with Gasteiger partial charge in [0.15, 0.2) is 11.5 Å². The van der Waals surface area contributed by atoms with Gasteiger partial charge in [0.1, 0.15) is 4.99 Å². The van der Waals surface area contributed by atoms with Crippen LogP contribution in [-0.2, 0) is 0 Å². The van der Waals surface area contributed by atoms with E-state index in [1.807, 2.05) is 30.3 Å². The molecule has 1 aliphatic rings. The fraction of sp³-hybridized carbons (Fsp3) is 0.0625. The van der Waals surface area contributed by atoms with Crippen molar-refractivity contribution in [3.63, 3.8) is 0 Å². The number of hydrogen-bond donors (Lipinski definition) is 2. The summed E-state index contributed by atoms with van der Waals surface area (Å²) in [4.78, 5) is 2.81. The second-order valence-electron chi connectivity index (χ2n) is 4.49. The van der Waals surface area contributed by atoms with Crippen LogP contribution in [0.15, 0.2) is 52.3 Å². The Kier molecular flexibility index (Phi) is 3.86. The van der Waals surface area contributed by atoms with Crippen LogP contribution >= 0.6 is 24.0 Å². The number of aromatic hydroxyl groups is 1. The van der Waals surface area contributed by atoms with E-state index < -0.39 is 0 Å². The van der Waals surface area contributed by atoms with E-state index >= 15 is 0 Å². The van der Waals surface area contributed by atoms with Gasteiger partial charge in [0.05, 0.1) is 12.8 Å². The van der Waals surface area contributed by atoms with Crippen molar-refractivity contribution in [2.24, 2.45) is 0 Å². The molecule has 2 N–H and O–H groups in total. The fourth-order valence-corrected chi connectivity index (χ4v) is 3.28. The molecule has 3 nitrogen and oxygen atoms in total. The van der Waals surface area contributed by atoms with Crippen LogP contribution in [0.1, 0.15) is 5.56 Å². The first kappa shape index (κ1) is 14.0. The number of methoxy groups -OCH3 is 1. The van der Waals surface area contributed by atoms with Crippen LogP contribution in [0.3, 0.4) is 0 Å². The van der Waals surface area contributed by atoms with E-state index in [4.69, 9.17) is 17.0 Å². The summed E-state index contributed by atoms with van der Waals surface area (Å²) in [5.41, 5.74) is 1.96. The molecule has 0 radical (unpaired) electrons. The number of fused-ring (bicyclic) bond motifs is 1. The molecule has 106 valence electrons. The SMILES string of the molecule is COc1cc(/C=C2\Sc3ccccc3NC2=S)ccc1O. The number of thiocarbonyl (C=S) groups is 1. The summed E-state index contributed by atoms with van der Waals surface area (Å²) in [7, 11) is 1.53. The van der Waals surface area contributed by atoms with Crippen molar-refractivity contribution >= 4 is 40.7 Å². The molecule has 0 fully saturated rings. The summed E-state index contributed by atoms with van der Waals surface area (Å²) in [6.45, 7) is 0. The Morgan fingerprint density at radius 1 is 1.24 bits per heavy atom. The number of anilines is 1. The van der Waals surface area contributed by atoms with Crippen molar-refractivity contribution in [1.29, 1.82) is 0 Å². The zero-order chi connectivity index (χ0) is 14.8. The van der Waals surface area contributed by atoms with Gasteiger partial charge in [-0.15, -0.1) is 0 Å². The highest BCUT2D eigenvalue weighted by Crippen LogP contribution is 2.39. The van der Waals surface area contributed by atoms with Crippen molar-refractivity contribution < 1.29 is 9.84 Å². The number of phenols is 1. The van der Waals surface area contributed by atoms with E-state index in [0.29, 0.717) is 10.7 Å². The molecule has 2 aromatic carbocycles. The molecular weight excluding hydrogens is 302 g/mol. The maximum Gasteiger partial charge on any atom is 0.161 e. The molecule has 0 saturated carbocycles. The van der Waals surface area contributed by atoms with Crippen LogP contribution in [0, 0.1) is 0 Å². The molecule has 0 aliphatic carbocycles. The van der Waals surface area contributed by atoms with Gasteiger partial charge in [-0.25, -0.2) is 0 Å². The molecule has 3 rings (SSSR count). The molecule has 2 aromatic rings. The minimum atomic E-state index is 0.127. The first-order chi connectivity index (χ1) is 10.2. The zero-order valence-electron chi connectivity index (χ0n) is 11.3. The number of nitrogens with one attached hydrogen (secondary N) is 1. The van der Waals surface area contributed by atoms with E-state index in [2.05, 4.69) is 11.4 Å². The Labute approximate surface area is 132 Å². The summed E-state index contributed by atoms with van der Waals surface area (Å²) in [5, 5.41) is 12.9. The predicted octanol–water partition coefficient (Wildman–Crippen LogP) is 4.29. The van der Waals surface area contributed by atoms with E-state index in [-0.39, 0.29) is 5.75 Å². The molecule has 21 heavy (non-hydrogen) atoms. The zero-order valence-corrected chi connectivity index (χ0v) is 12.9. The molecule has 0 atom stereocenters. The van der Waals surface area contributed by atoms with E-state index in [1.54, 1.807) is 23.9 Å². The van der Waals surface area contributed by atoms with Gasteiger partial charge >= 0.3 is 0 Å². The van der Waals surface area contributed by atoms with Gasteiger partial charge in [-0.05, 0) is 35.9 Å². The van der Waals surface area contributed by atoms with Crippen LogP contribution in [0.25, 0.3) is 6.08 Å². The van der Waals surface area contributed by atoms with Crippen LogP contribution in [0.4, 0.5) is 5.69 Å². The molecule has 5 heteroatoms. The van der Waals surface area contributed by atoms with Gasteiger partial charge in [0.25, 0.3) is 0 Å². The Morgan fingerprint density at radius 3 is 2.86 bits per heavy atom. The monoisotopic (exact) mass is 315 g/mol. The molecule has 1 heterocycles. The molecule has 0 spiro atoms. The number of rotatable bonds is 2. The highest BCUT2D eigenvalue weighted by molar-refractivity contribution is 8.05. The van der Waals surface area contributed by atoms with E-state index in [1.165, 1.54) is 7.11 Å². The topological polar surface area (TPSA) is 41.5 Å². The van der Waals surface area contributed by atoms with Crippen LogP contribution in [-0.4, -0.2) is 17.2 Å². The average Bonchev–Trinajstić information content (AvgIpc) is 2.50. The molecular formula is C16H13NO2S2. The molecule has 1 aliphatic heterocycles. The number of phenolic OH excluding ortho intramolecular Hbond substituents is 1. The van der Waals surface area contributed by atoms with Crippen LogP contribution in [0.2, 0.25) is 0 Å². The maximum atomic E-state index is 9.63. The standard InChI is InChI=1S/C16H13NO2S2/c1-19-13-8-10(6-7-12(13)18)9-15-16(20)17-11-4-2-3-5-14(11)21-15/h2-9,18H,1H3,(H,17,20)/b15-9-. The molecule has 0 bridgehead atoms. The Hall–Kier alpha value is -1.98. The van der Waals surface area contributed by atoms with Gasteiger partial charge < -0.3 is 15.2 Å². The summed E-state index contributed by atoms with van der Waals surface area (Å²) < 4.78 is 5.12. The summed E-state index contributed by atoms with van der Waals surface area (Å²) in [6.07, 6.45) is 1.98. The van der Waals surface area contributed by atoms with Gasteiger partial charge in [0.2, 0.25) is 0 Å². The van der Waals surface area contributed by atoms with Crippen LogP contribution in [0.5, 0.6) is 11.5 Å². The fourth-order valence-electron chi connectivity index (χ4n) is 2.04. The van der Waals surface area contributed by atoms with Crippen molar-refractivity contribution in [2.45, 2.75) is 4.90 Å². The molecule has 0 aromatic heterocycles. The van der Waals surface area contributed by atoms with Crippen molar-refractivity contribution in [1.82, 2.24) is 0 Å². The second-order valence-corrected chi connectivity index (χ2v) is 5.98. The Balaban J connectivity index is 1.95. The van der Waals surface area contributed by atoms with E-state index in [0.717, 1.165) is 21.1 Å².